The van der Waals surface area contributed by atoms with E-state index in [2.05, 4.69) is 138 Å². The Morgan fingerprint density at radius 1 is 0.351 bits per heavy atom. The van der Waals surface area contributed by atoms with Gasteiger partial charge in [-0.2, -0.15) is 9.97 Å². The molecule has 0 fully saturated rings. The molecule has 0 unspecified atom stereocenters. The molecule has 0 amide bonds. The number of furan rings is 1. The van der Waals surface area contributed by atoms with Crippen LogP contribution in [-0.4, -0.2) is 27.6 Å². The Morgan fingerprint density at radius 2 is 0.842 bits per heavy atom. The average molecular weight is 747 g/mol. The van der Waals surface area contributed by atoms with Gasteiger partial charge in [-0.1, -0.05) is 182 Å². The Morgan fingerprint density at radius 3 is 1.40 bits per heavy atom. The second-order valence-electron chi connectivity index (χ2n) is 14.4. The van der Waals surface area contributed by atoms with Crippen molar-refractivity contribution in [2.24, 2.45) is 0 Å². The Labute approximate surface area is 330 Å². The largest absolute Gasteiger partial charge is 0.456 e. The molecular formula is C51H34N4OSi. The lowest BCUT2D eigenvalue weighted by molar-refractivity contribution is 0.669. The summed E-state index contributed by atoms with van der Waals surface area (Å²) in [6, 6.07) is 73.2. The van der Waals surface area contributed by atoms with Gasteiger partial charge in [0.25, 0.3) is 0 Å². The van der Waals surface area contributed by atoms with Crippen LogP contribution in [0.2, 0.25) is 0 Å². The average Bonchev–Trinajstić information content (AvgIpc) is 3.82. The van der Waals surface area contributed by atoms with E-state index in [0.717, 1.165) is 54.9 Å². The van der Waals surface area contributed by atoms with Gasteiger partial charge in [0, 0.05) is 32.7 Å². The fraction of sp³-hybridized carbons (Fsp3) is 0. The van der Waals surface area contributed by atoms with Gasteiger partial charge in [0.2, 0.25) is 5.95 Å². The van der Waals surface area contributed by atoms with Crippen LogP contribution in [0.15, 0.2) is 211 Å². The third-order valence-corrected chi connectivity index (χ3v) is 16.0. The monoisotopic (exact) mass is 746 g/mol. The molecule has 0 saturated carbocycles. The highest BCUT2D eigenvalue weighted by Gasteiger charge is 2.41. The standard InChI is InChI=1S/C51H34N4OSi/c1-6-18-35(19-7-1)49-52-50(36-20-8-2-9-21-36)54-51(53-49)55-45-31-30-40(32-42(45)43-34-48-44(33-46(43)55)41-28-16-17-29-47(41)56-48)57(37-22-10-3-11-23-37,38-24-12-4-13-25-38)39-26-14-5-15-27-39/h1-34H. The highest BCUT2D eigenvalue weighted by molar-refractivity contribution is 7.20. The molecule has 0 radical (unpaired) electrons. The molecule has 3 aromatic heterocycles. The topological polar surface area (TPSA) is 56.7 Å². The van der Waals surface area contributed by atoms with Gasteiger partial charge < -0.3 is 4.42 Å². The second kappa shape index (κ2) is 13.4. The van der Waals surface area contributed by atoms with E-state index in [1.807, 2.05) is 72.8 Å². The van der Waals surface area contributed by atoms with Gasteiger partial charge in [-0.3, -0.25) is 4.57 Å². The Hall–Kier alpha value is -7.41. The maximum absolute atomic E-state index is 6.54. The molecule has 8 aromatic carbocycles. The summed E-state index contributed by atoms with van der Waals surface area (Å²) in [6.07, 6.45) is 0. The van der Waals surface area contributed by atoms with Crippen molar-refractivity contribution in [3.63, 3.8) is 0 Å². The number of fused-ring (bicyclic) bond motifs is 6. The highest BCUT2D eigenvalue weighted by Crippen LogP contribution is 2.38. The fourth-order valence-electron chi connectivity index (χ4n) is 8.65. The zero-order valence-corrected chi connectivity index (χ0v) is 31.8. The molecule has 11 aromatic rings. The van der Waals surface area contributed by atoms with Crippen LogP contribution in [0.25, 0.3) is 72.5 Å². The predicted molar refractivity (Wildman–Crippen MR) is 236 cm³/mol. The van der Waals surface area contributed by atoms with Gasteiger partial charge in [0.05, 0.1) is 11.0 Å². The van der Waals surface area contributed by atoms with Crippen LogP contribution in [-0.2, 0) is 0 Å². The summed E-state index contributed by atoms with van der Waals surface area (Å²) in [7, 11) is -2.83. The van der Waals surface area contributed by atoms with Gasteiger partial charge in [0.15, 0.2) is 19.7 Å². The van der Waals surface area contributed by atoms with Crippen molar-refractivity contribution in [2.45, 2.75) is 0 Å². The van der Waals surface area contributed by atoms with Crippen LogP contribution < -0.4 is 20.7 Å². The summed E-state index contributed by atoms with van der Waals surface area (Å²) < 4.78 is 8.76. The van der Waals surface area contributed by atoms with Crippen molar-refractivity contribution in [1.82, 2.24) is 19.5 Å². The quantitative estimate of drug-likeness (QED) is 0.121. The minimum absolute atomic E-state index is 0.556. The predicted octanol–water partition coefficient (Wildman–Crippen LogP) is 9.58. The van der Waals surface area contributed by atoms with Crippen molar-refractivity contribution >= 4 is 72.6 Å². The molecule has 0 aliphatic rings. The van der Waals surface area contributed by atoms with E-state index in [-0.39, 0.29) is 0 Å². The van der Waals surface area contributed by atoms with Crippen LogP contribution in [0.1, 0.15) is 0 Å². The highest BCUT2D eigenvalue weighted by atomic mass is 28.3. The number of aromatic nitrogens is 4. The summed E-state index contributed by atoms with van der Waals surface area (Å²) in [6.45, 7) is 0. The molecular weight excluding hydrogens is 713 g/mol. The van der Waals surface area contributed by atoms with Crippen molar-refractivity contribution in [2.75, 3.05) is 0 Å². The molecule has 0 saturated heterocycles. The van der Waals surface area contributed by atoms with Crippen LogP contribution in [0.3, 0.4) is 0 Å². The molecule has 5 nitrogen and oxygen atoms in total. The Kier molecular flexibility index (Phi) is 7.76. The first-order valence-corrected chi connectivity index (χ1v) is 21.2. The summed E-state index contributed by atoms with van der Waals surface area (Å²) >= 11 is 0. The number of hydrogen-bond donors (Lipinski definition) is 0. The fourth-order valence-corrected chi connectivity index (χ4v) is 13.4. The van der Waals surface area contributed by atoms with Gasteiger partial charge in [0.1, 0.15) is 11.2 Å². The maximum atomic E-state index is 6.54. The van der Waals surface area contributed by atoms with E-state index in [1.165, 1.54) is 20.7 Å². The molecule has 6 heteroatoms. The van der Waals surface area contributed by atoms with Gasteiger partial charge in [-0.15, -0.1) is 0 Å². The van der Waals surface area contributed by atoms with E-state index >= 15 is 0 Å². The lowest BCUT2D eigenvalue weighted by atomic mass is 10.1. The number of hydrogen-bond acceptors (Lipinski definition) is 4. The zero-order valence-electron chi connectivity index (χ0n) is 30.8. The molecule has 57 heavy (non-hydrogen) atoms. The number of para-hydroxylation sites is 1. The SMILES string of the molecule is c1ccc(-c2nc(-c3ccccc3)nc(-n3c4ccc([Si](c5ccccc5)(c5ccccc5)c5ccccc5)cc4c4cc5oc6ccccc6c5cc43)n2)cc1. The van der Waals surface area contributed by atoms with E-state index in [9.17, 15) is 0 Å². The lowest BCUT2D eigenvalue weighted by Crippen LogP contribution is -2.74. The van der Waals surface area contributed by atoms with Gasteiger partial charge >= 0.3 is 0 Å². The van der Waals surface area contributed by atoms with Crippen molar-refractivity contribution in [1.29, 1.82) is 0 Å². The first-order valence-electron chi connectivity index (χ1n) is 19.2. The number of benzene rings is 8. The van der Waals surface area contributed by atoms with E-state index in [1.54, 1.807) is 0 Å². The first kappa shape index (κ1) is 33.0. The summed E-state index contributed by atoms with van der Waals surface area (Å²) in [5.74, 6) is 1.79. The molecule has 0 aliphatic carbocycles. The second-order valence-corrected chi connectivity index (χ2v) is 18.2. The molecule has 0 bridgehead atoms. The minimum Gasteiger partial charge on any atom is -0.456 e. The minimum atomic E-state index is -2.83. The smallest absolute Gasteiger partial charge is 0.238 e. The van der Waals surface area contributed by atoms with Crippen LogP contribution in [0.4, 0.5) is 0 Å². The summed E-state index contributed by atoms with van der Waals surface area (Å²) in [4.78, 5) is 15.5. The first-order chi connectivity index (χ1) is 28.3. The molecule has 0 spiro atoms. The molecule has 3 heterocycles. The van der Waals surface area contributed by atoms with Crippen LogP contribution >= 0.6 is 0 Å². The van der Waals surface area contributed by atoms with Crippen LogP contribution in [0, 0.1) is 0 Å². The molecule has 11 rings (SSSR count). The Balaban J connectivity index is 1.27. The van der Waals surface area contributed by atoms with Crippen molar-refractivity contribution < 1.29 is 4.42 Å². The molecule has 268 valence electrons. The maximum Gasteiger partial charge on any atom is 0.238 e. The third-order valence-electron chi connectivity index (χ3n) is 11.2. The normalized spacial score (nSPS) is 11.9. The summed E-state index contributed by atoms with van der Waals surface area (Å²) in [5, 5.41) is 9.54. The Bertz CT molecular complexity index is 3070. The van der Waals surface area contributed by atoms with E-state index in [4.69, 9.17) is 19.4 Å². The molecule has 0 aliphatic heterocycles. The van der Waals surface area contributed by atoms with Crippen molar-refractivity contribution in [3.05, 3.63) is 206 Å². The summed E-state index contributed by atoms with van der Waals surface area (Å²) in [5.41, 5.74) is 5.56. The molecule has 0 atom stereocenters. The lowest BCUT2D eigenvalue weighted by Gasteiger charge is -2.34. The van der Waals surface area contributed by atoms with E-state index < -0.39 is 8.07 Å². The van der Waals surface area contributed by atoms with Gasteiger partial charge in [-0.25, -0.2) is 4.98 Å². The van der Waals surface area contributed by atoms with E-state index in [0.29, 0.717) is 17.6 Å². The zero-order chi connectivity index (χ0) is 37.8. The van der Waals surface area contributed by atoms with Crippen LogP contribution in [0.5, 0.6) is 0 Å². The van der Waals surface area contributed by atoms with Crippen molar-refractivity contribution in [3.8, 4) is 28.7 Å². The number of nitrogens with zero attached hydrogens (tertiary/aromatic N) is 4. The van der Waals surface area contributed by atoms with Gasteiger partial charge in [-0.05, 0) is 45.0 Å². The number of rotatable bonds is 7. The third kappa shape index (κ3) is 5.34. The molecule has 0 N–H and O–H groups in total.